The Bertz CT molecular complexity index is 979. The van der Waals surface area contributed by atoms with Crippen molar-refractivity contribution in [3.63, 3.8) is 0 Å². The molecule has 2 aliphatic rings. The zero-order chi connectivity index (χ0) is 20.4. The summed E-state index contributed by atoms with van der Waals surface area (Å²) in [5, 5.41) is 0. The van der Waals surface area contributed by atoms with Crippen LogP contribution in [0.2, 0.25) is 0 Å². The number of rotatable bonds is 6. The number of hydrogen-bond donors (Lipinski definition) is 1. The number of methoxy groups -OCH3 is 1. The van der Waals surface area contributed by atoms with Crippen molar-refractivity contribution in [3.05, 3.63) is 54.1 Å². The van der Waals surface area contributed by atoms with Crippen LogP contribution in [0.25, 0.3) is 0 Å². The van der Waals surface area contributed by atoms with E-state index in [1.165, 1.54) is 12.1 Å². The summed E-state index contributed by atoms with van der Waals surface area (Å²) in [7, 11) is -1.85. The molecular formula is C21H25N3O4S. The molecule has 1 heterocycles. The number of amides is 1. The lowest BCUT2D eigenvalue weighted by molar-refractivity contribution is 0.0746. The molecule has 1 amide bonds. The van der Waals surface area contributed by atoms with Crippen LogP contribution in [-0.2, 0) is 10.0 Å². The number of nitrogens with zero attached hydrogens (tertiary/aromatic N) is 2. The van der Waals surface area contributed by atoms with Crippen LogP contribution in [0.4, 0.5) is 5.69 Å². The number of benzene rings is 2. The lowest BCUT2D eigenvalue weighted by Crippen LogP contribution is -2.48. The molecule has 1 N–H and O–H groups in total. The van der Waals surface area contributed by atoms with Gasteiger partial charge in [-0.25, -0.2) is 13.1 Å². The van der Waals surface area contributed by atoms with E-state index in [0.717, 1.165) is 37.4 Å². The molecule has 2 fully saturated rings. The van der Waals surface area contributed by atoms with E-state index >= 15 is 0 Å². The monoisotopic (exact) mass is 415 g/mol. The van der Waals surface area contributed by atoms with Crippen molar-refractivity contribution in [1.82, 2.24) is 9.62 Å². The lowest BCUT2D eigenvalue weighted by atomic mass is 10.1. The number of nitrogens with one attached hydrogen (secondary N) is 1. The van der Waals surface area contributed by atoms with Gasteiger partial charge in [0.1, 0.15) is 5.75 Å². The van der Waals surface area contributed by atoms with Crippen molar-refractivity contribution in [2.24, 2.45) is 0 Å². The molecule has 1 aliphatic carbocycles. The fourth-order valence-corrected chi connectivity index (χ4v) is 4.73. The Kier molecular flexibility index (Phi) is 5.47. The molecule has 154 valence electrons. The van der Waals surface area contributed by atoms with Crippen molar-refractivity contribution >= 4 is 21.6 Å². The second-order valence-corrected chi connectivity index (χ2v) is 9.11. The molecule has 0 radical (unpaired) electrons. The summed E-state index contributed by atoms with van der Waals surface area (Å²) in [6.07, 6.45) is 1.77. The molecule has 1 saturated carbocycles. The van der Waals surface area contributed by atoms with Crippen molar-refractivity contribution in [1.29, 1.82) is 0 Å². The first-order valence-electron chi connectivity index (χ1n) is 9.77. The molecular weight excluding hydrogens is 390 g/mol. The van der Waals surface area contributed by atoms with Crippen LogP contribution in [0.15, 0.2) is 53.4 Å². The van der Waals surface area contributed by atoms with Crippen LogP contribution in [0, 0.1) is 0 Å². The Labute approximate surface area is 171 Å². The second kappa shape index (κ2) is 8.04. The smallest absolute Gasteiger partial charge is 0.253 e. The van der Waals surface area contributed by atoms with Crippen LogP contribution >= 0.6 is 0 Å². The highest BCUT2D eigenvalue weighted by molar-refractivity contribution is 7.89. The van der Waals surface area contributed by atoms with E-state index in [9.17, 15) is 13.2 Å². The zero-order valence-electron chi connectivity index (χ0n) is 16.4. The molecule has 29 heavy (non-hydrogen) atoms. The fourth-order valence-electron chi connectivity index (χ4n) is 3.42. The van der Waals surface area contributed by atoms with Crippen LogP contribution < -0.4 is 14.4 Å². The maximum atomic E-state index is 12.8. The second-order valence-electron chi connectivity index (χ2n) is 7.40. The van der Waals surface area contributed by atoms with Crippen LogP contribution in [0.3, 0.4) is 0 Å². The van der Waals surface area contributed by atoms with Crippen molar-refractivity contribution < 1.29 is 17.9 Å². The third kappa shape index (κ3) is 4.54. The standard InChI is InChI=1S/C21H25N3O4S/c1-28-19-4-2-3-18(15-19)23-11-13-24(14-12-23)21(25)16-5-9-20(10-6-16)29(26,27)22-17-7-8-17/h2-6,9-10,15,17,22H,7-8,11-14H2,1H3. The van der Waals surface area contributed by atoms with Crippen molar-refractivity contribution in [2.75, 3.05) is 38.2 Å². The van der Waals surface area contributed by atoms with Crippen molar-refractivity contribution in [2.45, 2.75) is 23.8 Å². The van der Waals surface area contributed by atoms with Gasteiger partial charge >= 0.3 is 0 Å². The summed E-state index contributed by atoms with van der Waals surface area (Å²) in [6.45, 7) is 2.69. The lowest BCUT2D eigenvalue weighted by Gasteiger charge is -2.36. The summed E-state index contributed by atoms with van der Waals surface area (Å²) < 4.78 is 32.5. The van der Waals surface area contributed by atoms with Gasteiger partial charge in [-0.2, -0.15) is 0 Å². The average molecular weight is 416 g/mol. The molecule has 1 aliphatic heterocycles. The highest BCUT2D eigenvalue weighted by Gasteiger charge is 2.28. The third-order valence-corrected chi connectivity index (χ3v) is 6.83. The van der Waals surface area contributed by atoms with Gasteiger partial charge in [0, 0.05) is 49.5 Å². The number of carbonyl (C=O) groups is 1. The van der Waals surface area contributed by atoms with Gasteiger partial charge in [-0.15, -0.1) is 0 Å². The molecule has 7 nitrogen and oxygen atoms in total. The van der Waals surface area contributed by atoms with E-state index in [0.29, 0.717) is 18.7 Å². The number of ether oxygens (including phenoxy) is 1. The first-order chi connectivity index (χ1) is 14.0. The molecule has 0 spiro atoms. The van der Waals surface area contributed by atoms with E-state index < -0.39 is 10.0 Å². The molecule has 0 aromatic heterocycles. The Hall–Kier alpha value is -2.58. The molecule has 8 heteroatoms. The summed E-state index contributed by atoms with van der Waals surface area (Å²) in [5.74, 6) is 0.738. The van der Waals surface area contributed by atoms with Gasteiger partial charge in [-0.3, -0.25) is 4.79 Å². The minimum atomic E-state index is -3.50. The number of anilines is 1. The van der Waals surface area contributed by atoms with Gasteiger partial charge in [0.15, 0.2) is 0 Å². The molecule has 4 rings (SSSR count). The number of sulfonamides is 1. The quantitative estimate of drug-likeness (QED) is 0.782. The van der Waals surface area contributed by atoms with Crippen molar-refractivity contribution in [3.8, 4) is 5.75 Å². The number of piperazine rings is 1. The third-order valence-electron chi connectivity index (χ3n) is 5.30. The van der Waals surface area contributed by atoms with E-state index in [1.54, 1.807) is 19.2 Å². The van der Waals surface area contributed by atoms with Gasteiger partial charge in [0.25, 0.3) is 5.91 Å². The van der Waals surface area contributed by atoms with Gasteiger partial charge in [0.05, 0.1) is 12.0 Å². The number of hydrogen-bond acceptors (Lipinski definition) is 5. The fraction of sp³-hybridized carbons (Fsp3) is 0.381. The first kappa shape index (κ1) is 19.7. The Morgan fingerprint density at radius 2 is 1.72 bits per heavy atom. The molecule has 2 aromatic rings. The first-order valence-corrected chi connectivity index (χ1v) is 11.3. The Morgan fingerprint density at radius 3 is 2.34 bits per heavy atom. The van der Waals surface area contributed by atoms with E-state index in [-0.39, 0.29) is 16.8 Å². The molecule has 0 bridgehead atoms. The zero-order valence-corrected chi connectivity index (χ0v) is 17.2. The highest BCUT2D eigenvalue weighted by Crippen LogP contribution is 2.24. The summed E-state index contributed by atoms with van der Waals surface area (Å²) in [5.41, 5.74) is 1.58. The highest BCUT2D eigenvalue weighted by atomic mass is 32.2. The molecule has 0 atom stereocenters. The van der Waals surface area contributed by atoms with Gasteiger partial charge < -0.3 is 14.5 Å². The Morgan fingerprint density at radius 1 is 1.03 bits per heavy atom. The molecule has 1 saturated heterocycles. The van der Waals surface area contributed by atoms with E-state index in [1.807, 2.05) is 29.2 Å². The van der Waals surface area contributed by atoms with E-state index in [2.05, 4.69) is 9.62 Å². The van der Waals surface area contributed by atoms with Crippen LogP contribution in [0.1, 0.15) is 23.2 Å². The summed E-state index contributed by atoms with van der Waals surface area (Å²) in [6, 6.07) is 14.2. The van der Waals surface area contributed by atoms with E-state index in [4.69, 9.17) is 4.74 Å². The average Bonchev–Trinajstić information content (AvgIpc) is 3.57. The SMILES string of the molecule is COc1cccc(N2CCN(C(=O)c3ccc(S(=O)(=O)NC4CC4)cc3)CC2)c1. The van der Waals surface area contributed by atoms with Gasteiger partial charge in [-0.1, -0.05) is 6.07 Å². The molecule has 0 unspecified atom stereocenters. The number of carbonyl (C=O) groups excluding carboxylic acids is 1. The largest absolute Gasteiger partial charge is 0.497 e. The maximum absolute atomic E-state index is 12.8. The minimum absolute atomic E-state index is 0.0576. The summed E-state index contributed by atoms with van der Waals surface area (Å²) >= 11 is 0. The van der Waals surface area contributed by atoms with Gasteiger partial charge in [-0.05, 0) is 49.2 Å². The maximum Gasteiger partial charge on any atom is 0.253 e. The Balaban J connectivity index is 1.38. The normalized spacial score (nSPS) is 17.3. The minimum Gasteiger partial charge on any atom is -0.497 e. The van der Waals surface area contributed by atoms with Crippen LogP contribution in [0.5, 0.6) is 5.75 Å². The van der Waals surface area contributed by atoms with Crippen LogP contribution in [-0.4, -0.2) is 58.6 Å². The predicted molar refractivity (Wildman–Crippen MR) is 111 cm³/mol. The van der Waals surface area contributed by atoms with Gasteiger partial charge in [0.2, 0.25) is 10.0 Å². The predicted octanol–water partition coefficient (Wildman–Crippen LogP) is 2.10. The summed E-state index contributed by atoms with van der Waals surface area (Å²) in [4.78, 5) is 17.0. The topological polar surface area (TPSA) is 79.0 Å². The molecule has 2 aromatic carbocycles.